The molecule has 2 heterocycles. The van der Waals surface area contributed by atoms with E-state index in [1.165, 1.54) is 10.5 Å². The zero-order valence-corrected chi connectivity index (χ0v) is 19.8. The molecule has 0 aliphatic carbocycles. The van der Waals surface area contributed by atoms with Gasteiger partial charge in [0.1, 0.15) is 11.3 Å². The minimum atomic E-state index is -0.648. The number of likely N-dealkylation sites (tertiary alicyclic amines) is 1. The van der Waals surface area contributed by atoms with Crippen LogP contribution in [-0.4, -0.2) is 97.0 Å². The summed E-state index contributed by atoms with van der Waals surface area (Å²) in [4.78, 5) is 34.1. The van der Waals surface area contributed by atoms with E-state index in [0.717, 1.165) is 44.5 Å². The van der Waals surface area contributed by atoms with E-state index in [9.17, 15) is 9.59 Å². The van der Waals surface area contributed by atoms with Crippen molar-refractivity contribution >= 4 is 11.9 Å². The molecule has 7 nitrogen and oxygen atoms in total. The molecular formula is C24H38N4O3. The maximum Gasteiger partial charge on any atom is 0.327 e. The molecule has 1 atom stereocenters. The van der Waals surface area contributed by atoms with Gasteiger partial charge in [0.2, 0.25) is 0 Å². The highest BCUT2D eigenvalue weighted by atomic mass is 16.5. The molecule has 1 aromatic carbocycles. The second-order valence-corrected chi connectivity index (χ2v) is 9.09. The molecule has 172 valence electrons. The molecule has 0 aromatic heterocycles. The van der Waals surface area contributed by atoms with Crippen molar-refractivity contribution in [3.8, 4) is 5.75 Å². The van der Waals surface area contributed by atoms with Crippen molar-refractivity contribution in [1.29, 1.82) is 0 Å². The number of benzene rings is 1. The third kappa shape index (κ3) is 4.88. The van der Waals surface area contributed by atoms with Gasteiger partial charge in [0.15, 0.2) is 0 Å². The maximum atomic E-state index is 13.3. The third-order valence-electron chi connectivity index (χ3n) is 6.97. The average Bonchev–Trinajstić information content (AvgIpc) is 2.96. The average molecular weight is 431 g/mol. The van der Waals surface area contributed by atoms with Crippen LogP contribution < -0.4 is 4.74 Å². The summed E-state index contributed by atoms with van der Waals surface area (Å²) in [5, 5.41) is 0. The van der Waals surface area contributed by atoms with Crippen molar-refractivity contribution < 1.29 is 14.3 Å². The van der Waals surface area contributed by atoms with E-state index in [1.54, 1.807) is 7.11 Å². The van der Waals surface area contributed by atoms with Crippen LogP contribution in [0, 0.1) is 0 Å². The first-order chi connectivity index (χ1) is 14.8. The van der Waals surface area contributed by atoms with Crippen molar-refractivity contribution in [2.45, 2.75) is 51.1 Å². The SMILES string of the molecule is CCN1C(=O)N(CCN(C)C)C(=O)C12CCN([C@H](C)CCc1ccc(OC)cc1)CC2. The van der Waals surface area contributed by atoms with E-state index in [1.807, 2.05) is 43.0 Å². The number of nitrogens with zero attached hydrogens (tertiary/aromatic N) is 4. The quantitative estimate of drug-likeness (QED) is 0.564. The van der Waals surface area contributed by atoms with E-state index < -0.39 is 5.54 Å². The van der Waals surface area contributed by atoms with Gasteiger partial charge in [-0.2, -0.15) is 0 Å². The summed E-state index contributed by atoms with van der Waals surface area (Å²) in [6, 6.07) is 8.59. The van der Waals surface area contributed by atoms with Gasteiger partial charge in [-0.05, 0) is 71.3 Å². The topological polar surface area (TPSA) is 56.3 Å². The number of urea groups is 1. The number of hydrogen-bond donors (Lipinski definition) is 0. The summed E-state index contributed by atoms with van der Waals surface area (Å²) in [6.45, 7) is 7.68. The molecule has 1 aromatic rings. The first-order valence-corrected chi connectivity index (χ1v) is 11.5. The zero-order chi connectivity index (χ0) is 22.6. The van der Waals surface area contributed by atoms with Crippen LogP contribution in [0.2, 0.25) is 0 Å². The van der Waals surface area contributed by atoms with Gasteiger partial charge < -0.3 is 19.4 Å². The lowest BCUT2D eigenvalue weighted by atomic mass is 9.85. The Balaban J connectivity index is 1.58. The Bertz CT molecular complexity index is 757. The monoisotopic (exact) mass is 430 g/mol. The second-order valence-electron chi connectivity index (χ2n) is 9.09. The Kier molecular flexibility index (Phi) is 7.59. The summed E-state index contributed by atoms with van der Waals surface area (Å²) >= 11 is 0. The molecule has 0 radical (unpaired) electrons. The van der Waals surface area contributed by atoms with E-state index in [-0.39, 0.29) is 11.9 Å². The Morgan fingerprint density at radius 3 is 2.32 bits per heavy atom. The summed E-state index contributed by atoms with van der Waals surface area (Å²) in [6.07, 6.45) is 3.52. The van der Waals surface area contributed by atoms with Gasteiger partial charge in [-0.3, -0.25) is 9.69 Å². The molecule has 0 saturated carbocycles. The summed E-state index contributed by atoms with van der Waals surface area (Å²) in [5.41, 5.74) is 0.663. The number of carbonyl (C=O) groups is 2. The number of imide groups is 1. The number of carbonyl (C=O) groups excluding carboxylic acids is 2. The van der Waals surface area contributed by atoms with Crippen LogP contribution in [0.15, 0.2) is 24.3 Å². The van der Waals surface area contributed by atoms with Crippen molar-refractivity contribution in [2.24, 2.45) is 0 Å². The highest BCUT2D eigenvalue weighted by Gasteiger charge is 2.57. The minimum absolute atomic E-state index is 0.00624. The Hall–Kier alpha value is -2.12. The fraction of sp³-hybridized carbons (Fsp3) is 0.667. The number of hydrogen-bond acceptors (Lipinski definition) is 5. The molecule has 2 fully saturated rings. The molecule has 3 rings (SSSR count). The van der Waals surface area contributed by atoms with E-state index in [4.69, 9.17) is 4.74 Å². The van der Waals surface area contributed by atoms with Crippen molar-refractivity contribution in [3.63, 3.8) is 0 Å². The van der Waals surface area contributed by atoms with Crippen molar-refractivity contribution in [1.82, 2.24) is 19.6 Å². The first kappa shape index (κ1) is 23.5. The van der Waals surface area contributed by atoms with Crippen LogP contribution in [0.5, 0.6) is 5.75 Å². The Labute approximate surface area is 186 Å². The van der Waals surface area contributed by atoms with E-state index >= 15 is 0 Å². The lowest BCUT2D eigenvalue weighted by Crippen LogP contribution is -2.57. The maximum absolute atomic E-state index is 13.3. The van der Waals surface area contributed by atoms with E-state index in [0.29, 0.717) is 25.7 Å². The first-order valence-electron chi connectivity index (χ1n) is 11.5. The summed E-state index contributed by atoms with van der Waals surface area (Å²) < 4.78 is 5.23. The molecular weight excluding hydrogens is 392 g/mol. The van der Waals surface area contributed by atoms with E-state index in [2.05, 4.69) is 24.0 Å². The fourth-order valence-corrected chi connectivity index (χ4v) is 4.89. The molecule has 0 unspecified atom stereocenters. The Morgan fingerprint density at radius 2 is 1.77 bits per heavy atom. The molecule has 0 N–H and O–H groups in total. The number of likely N-dealkylation sites (N-methyl/N-ethyl adjacent to an activating group) is 2. The number of piperidine rings is 1. The molecule has 2 aliphatic heterocycles. The normalized spacial score (nSPS) is 20.2. The van der Waals surface area contributed by atoms with Gasteiger partial charge in [-0.1, -0.05) is 12.1 Å². The highest BCUT2D eigenvalue weighted by molar-refractivity contribution is 6.07. The lowest BCUT2D eigenvalue weighted by Gasteiger charge is -2.43. The molecule has 1 spiro atoms. The molecule has 2 aliphatic rings. The number of rotatable bonds is 9. The standard InChI is InChI=1S/C24H38N4O3/c1-6-28-23(30)27(18-17-25(3)4)22(29)24(28)13-15-26(16-14-24)19(2)7-8-20-9-11-21(31-5)12-10-20/h9-12,19H,6-8,13-18H2,1-5H3/t19-/m1/s1. The summed E-state index contributed by atoms with van der Waals surface area (Å²) in [5.74, 6) is 0.890. The number of amides is 3. The largest absolute Gasteiger partial charge is 0.497 e. The molecule has 0 bridgehead atoms. The van der Waals surface area contributed by atoms with Crippen LogP contribution in [0.4, 0.5) is 4.79 Å². The van der Waals surface area contributed by atoms with Crippen LogP contribution in [0.3, 0.4) is 0 Å². The number of aryl methyl sites for hydroxylation is 1. The number of methoxy groups -OCH3 is 1. The van der Waals surface area contributed by atoms with Gasteiger partial charge >= 0.3 is 6.03 Å². The fourth-order valence-electron chi connectivity index (χ4n) is 4.89. The van der Waals surface area contributed by atoms with Gasteiger partial charge in [-0.25, -0.2) is 4.79 Å². The van der Waals surface area contributed by atoms with Crippen molar-refractivity contribution in [3.05, 3.63) is 29.8 Å². The minimum Gasteiger partial charge on any atom is -0.497 e. The number of ether oxygens (including phenoxy) is 1. The van der Waals surface area contributed by atoms with Crippen LogP contribution >= 0.6 is 0 Å². The van der Waals surface area contributed by atoms with Gasteiger partial charge in [0.25, 0.3) is 5.91 Å². The molecule has 2 saturated heterocycles. The molecule has 3 amide bonds. The smallest absolute Gasteiger partial charge is 0.327 e. The lowest BCUT2D eigenvalue weighted by molar-refractivity contribution is -0.136. The van der Waals surface area contributed by atoms with Crippen LogP contribution in [0.25, 0.3) is 0 Å². The van der Waals surface area contributed by atoms with Gasteiger partial charge in [0, 0.05) is 38.8 Å². The predicted molar refractivity (Wildman–Crippen MR) is 122 cm³/mol. The van der Waals surface area contributed by atoms with Crippen LogP contribution in [-0.2, 0) is 11.2 Å². The van der Waals surface area contributed by atoms with Gasteiger partial charge in [-0.15, -0.1) is 0 Å². The molecule has 7 heteroatoms. The second kappa shape index (κ2) is 10.0. The van der Waals surface area contributed by atoms with Gasteiger partial charge in [0.05, 0.1) is 7.11 Å². The van der Waals surface area contributed by atoms with Crippen LogP contribution in [0.1, 0.15) is 38.7 Å². The zero-order valence-electron chi connectivity index (χ0n) is 19.8. The molecule has 31 heavy (non-hydrogen) atoms. The van der Waals surface area contributed by atoms with Crippen molar-refractivity contribution in [2.75, 3.05) is 53.9 Å². The highest BCUT2D eigenvalue weighted by Crippen LogP contribution is 2.37. The third-order valence-corrected chi connectivity index (χ3v) is 6.97. The predicted octanol–water partition coefficient (Wildman–Crippen LogP) is 2.70. The summed E-state index contributed by atoms with van der Waals surface area (Å²) in [7, 11) is 5.61. The Morgan fingerprint density at radius 1 is 1.13 bits per heavy atom.